The minimum atomic E-state index is 0.150. The van der Waals surface area contributed by atoms with Gasteiger partial charge in [-0.05, 0) is 36.6 Å². The zero-order chi connectivity index (χ0) is 15.8. The second-order valence-corrected chi connectivity index (χ2v) is 6.38. The van der Waals surface area contributed by atoms with Gasteiger partial charge in [-0.2, -0.15) is 10.1 Å². The number of rotatable bonds is 2. The lowest BCUT2D eigenvalue weighted by molar-refractivity contribution is 0.431. The number of nitrogens with zero attached hydrogens (tertiary/aromatic N) is 3. The summed E-state index contributed by atoms with van der Waals surface area (Å²) in [6.07, 6.45) is 2.52. The molecule has 2 unspecified atom stereocenters. The van der Waals surface area contributed by atoms with Gasteiger partial charge >= 0.3 is 0 Å². The van der Waals surface area contributed by atoms with Gasteiger partial charge in [0.25, 0.3) is 0 Å². The van der Waals surface area contributed by atoms with Gasteiger partial charge in [0.05, 0.1) is 12.1 Å². The zero-order valence-electron chi connectivity index (χ0n) is 12.8. The SMILES string of the molecule is Cc1ccc(C2CC(c3ccc(Cl)cc3)n3ncnc3N2)cc1. The minimum Gasteiger partial charge on any atom is -0.348 e. The van der Waals surface area contributed by atoms with E-state index < -0.39 is 0 Å². The van der Waals surface area contributed by atoms with E-state index in [9.17, 15) is 0 Å². The summed E-state index contributed by atoms with van der Waals surface area (Å²) in [5.74, 6) is 0.807. The van der Waals surface area contributed by atoms with Crippen LogP contribution in [-0.4, -0.2) is 14.8 Å². The van der Waals surface area contributed by atoms with Gasteiger partial charge in [0.1, 0.15) is 6.33 Å². The normalized spacial score (nSPS) is 19.9. The Bertz CT molecular complexity index is 808. The Morgan fingerprint density at radius 1 is 1.04 bits per heavy atom. The Morgan fingerprint density at radius 2 is 1.74 bits per heavy atom. The van der Waals surface area contributed by atoms with Crippen LogP contribution in [0.1, 0.15) is 35.2 Å². The van der Waals surface area contributed by atoms with Crippen molar-refractivity contribution in [1.82, 2.24) is 14.8 Å². The van der Waals surface area contributed by atoms with Crippen molar-refractivity contribution in [2.24, 2.45) is 0 Å². The average molecular weight is 325 g/mol. The van der Waals surface area contributed by atoms with Crippen LogP contribution in [0, 0.1) is 6.92 Å². The van der Waals surface area contributed by atoms with Gasteiger partial charge in [0.2, 0.25) is 5.95 Å². The third-order valence-electron chi connectivity index (χ3n) is 4.37. The number of aromatic nitrogens is 3. The van der Waals surface area contributed by atoms with E-state index in [2.05, 4.69) is 58.7 Å². The fraction of sp³-hybridized carbons (Fsp3) is 0.222. The second kappa shape index (κ2) is 5.70. The summed E-state index contributed by atoms with van der Waals surface area (Å²) < 4.78 is 1.95. The van der Waals surface area contributed by atoms with E-state index in [1.807, 2.05) is 16.8 Å². The highest BCUT2D eigenvalue weighted by Gasteiger charge is 2.29. The maximum absolute atomic E-state index is 6.02. The first kappa shape index (κ1) is 14.3. The number of hydrogen-bond acceptors (Lipinski definition) is 3. The molecule has 0 saturated carbocycles. The molecule has 4 rings (SSSR count). The van der Waals surface area contributed by atoms with E-state index in [1.54, 1.807) is 6.33 Å². The summed E-state index contributed by atoms with van der Waals surface area (Å²) in [6.45, 7) is 2.10. The molecule has 0 saturated heterocycles. The van der Waals surface area contributed by atoms with Crippen LogP contribution < -0.4 is 5.32 Å². The van der Waals surface area contributed by atoms with Crippen molar-refractivity contribution in [1.29, 1.82) is 0 Å². The van der Waals surface area contributed by atoms with Crippen molar-refractivity contribution in [3.05, 3.63) is 76.6 Å². The van der Waals surface area contributed by atoms with E-state index in [1.165, 1.54) is 16.7 Å². The minimum absolute atomic E-state index is 0.150. The number of hydrogen-bond donors (Lipinski definition) is 1. The summed E-state index contributed by atoms with van der Waals surface area (Å²) in [4.78, 5) is 4.36. The Labute approximate surface area is 140 Å². The molecule has 0 amide bonds. The summed E-state index contributed by atoms with van der Waals surface area (Å²) in [6, 6.07) is 17.0. The molecular weight excluding hydrogens is 308 g/mol. The highest BCUT2D eigenvalue weighted by atomic mass is 35.5. The highest BCUT2D eigenvalue weighted by Crippen LogP contribution is 2.37. The number of fused-ring (bicyclic) bond motifs is 1. The summed E-state index contributed by atoms with van der Waals surface area (Å²) in [5.41, 5.74) is 3.73. The quantitative estimate of drug-likeness (QED) is 0.760. The first-order chi connectivity index (χ1) is 11.2. The molecule has 1 aromatic heterocycles. The fourth-order valence-corrected chi connectivity index (χ4v) is 3.23. The van der Waals surface area contributed by atoms with Crippen molar-refractivity contribution in [3.63, 3.8) is 0 Å². The standard InChI is InChI=1S/C18H17ClN4/c1-12-2-4-13(5-3-12)16-10-17(14-6-8-15(19)9-7-14)23-18(22-16)20-11-21-23/h2-9,11,16-17H,10H2,1H3,(H,20,21,22). The maximum Gasteiger partial charge on any atom is 0.222 e. The maximum atomic E-state index is 6.02. The first-order valence-corrected chi connectivity index (χ1v) is 8.06. The zero-order valence-corrected chi connectivity index (χ0v) is 13.5. The van der Waals surface area contributed by atoms with E-state index in [4.69, 9.17) is 11.6 Å². The van der Waals surface area contributed by atoms with Crippen LogP contribution in [-0.2, 0) is 0 Å². The lowest BCUT2D eigenvalue weighted by Gasteiger charge is -2.31. The van der Waals surface area contributed by atoms with Gasteiger partial charge in [0, 0.05) is 5.02 Å². The number of nitrogens with one attached hydrogen (secondary N) is 1. The van der Waals surface area contributed by atoms with Gasteiger partial charge in [-0.15, -0.1) is 0 Å². The van der Waals surface area contributed by atoms with Gasteiger partial charge in [-0.25, -0.2) is 4.68 Å². The largest absolute Gasteiger partial charge is 0.348 e. The van der Waals surface area contributed by atoms with Gasteiger partial charge in [-0.3, -0.25) is 0 Å². The number of aryl methyl sites for hydroxylation is 1. The van der Waals surface area contributed by atoms with Crippen LogP contribution in [0.3, 0.4) is 0 Å². The molecular formula is C18H17ClN4. The number of halogens is 1. The Morgan fingerprint density at radius 3 is 2.48 bits per heavy atom. The monoisotopic (exact) mass is 324 g/mol. The average Bonchev–Trinajstić information content (AvgIpc) is 3.04. The van der Waals surface area contributed by atoms with Gasteiger partial charge < -0.3 is 5.32 Å². The third kappa shape index (κ3) is 2.70. The molecule has 1 N–H and O–H groups in total. The smallest absolute Gasteiger partial charge is 0.222 e. The molecule has 4 nitrogen and oxygen atoms in total. The first-order valence-electron chi connectivity index (χ1n) is 7.69. The van der Waals surface area contributed by atoms with E-state index in [-0.39, 0.29) is 12.1 Å². The summed E-state index contributed by atoms with van der Waals surface area (Å²) in [7, 11) is 0. The highest BCUT2D eigenvalue weighted by molar-refractivity contribution is 6.30. The Hall–Kier alpha value is -2.33. The number of anilines is 1. The van der Waals surface area contributed by atoms with E-state index in [0.717, 1.165) is 17.4 Å². The molecule has 2 atom stereocenters. The van der Waals surface area contributed by atoms with Gasteiger partial charge in [-0.1, -0.05) is 53.6 Å². The molecule has 1 aliphatic rings. The predicted octanol–water partition coefficient (Wildman–Crippen LogP) is 4.39. The molecule has 0 radical (unpaired) electrons. The van der Waals surface area contributed by atoms with Crippen molar-refractivity contribution < 1.29 is 0 Å². The lowest BCUT2D eigenvalue weighted by atomic mass is 9.93. The Kier molecular flexibility index (Phi) is 3.54. The molecule has 1 aliphatic heterocycles. The summed E-state index contributed by atoms with van der Waals surface area (Å²) >= 11 is 6.02. The van der Waals surface area contributed by atoms with Crippen LogP contribution in [0.5, 0.6) is 0 Å². The molecule has 0 aliphatic carbocycles. The molecule has 2 aromatic carbocycles. The third-order valence-corrected chi connectivity index (χ3v) is 4.62. The van der Waals surface area contributed by atoms with Crippen LogP contribution in [0.4, 0.5) is 5.95 Å². The molecule has 2 heterocycles. The molecule has 3 aromatic rings. The van der Waals surface area contributed by atoms with Crippen molar-refractivity contribution in [3.8, 4) is 0 Å². The predicted molar refractivity (Wildman–Crippen MR) is 91.8 cm³/mol. The molecule has 116 valence electrons. The van der Waals surface area contributed by atoms with Crippen LogP contribution in [0.25, 0.3) is 0 Å². The molecule has 5 heteroatoms. The van der Waals surface area contributed by atoms with Crippen LogP contribution >= 0.6 is 11.6 Å². The topological polar surface area (TPSA) is 42.7 Å². The Balaban J connectivity index is 1.71. The second-order valence-electron chi connectivity index (χ2n) is 5.94. The van der Waals surface area contributed by atoms with Gasteiger partial charge in [0.15, 0.2) is 0 Å². The fourth-order valence-electron chi connectivity index (χ4n) is 3.10. The van der Waals surface area contributed by atoms with Crippen molar-refractivity contribution >= 4 is 17.5 Å². The van der Waals surface area contributed by atoms with Crippen molar-refractivity contribution in [2.75, 3.05) is 5.32 Å². The van der Waals surface area contributed by atoms with Crippen LogP contribution in [0.15, 0.2) is 54.9 Å². The summed E-state index contributed by atoms with van der Waals surface area (Å²) in [5, 5.41) is 8.62. The lowest BCUT2D eigenvalue weighted by Crippen LogP contribution is -2.28. The molecule has 0 bridgehead atoms. The molecule has 0 fully saturated rings. The number of benzene rings is 2. The van der Waals surface area contributed by atoms with E-state index >= 15 is 0 Å². The van der Waals surface area contributed by atoms with E-state index in [0.29, 0.717) is 0 Å². The molecule has 23 heavy (non-hydrogen) atoms. The van der Waals surface area contributed by atoms with Crippen LogP contribution in [0.2, 0.25) is 5.02 Å². The molecule has 0 spiro atoms. The van der Waals surface area contributed by atoms with Crippen molar-refractivity contribution in [2.45, 2.75) is 25.4 Å².